The van der Waals surface area contributed by atoms with Crippen molar-refractivity contribution in [3.63, 3.8) is 0 Å². The fourth-order valence-corrected chi connectivity index (χ4v) is 4.71. The van der Waals surface area contributed by atoms with E-state index in [2.05, 4.69) is 58.5 Å². The van der Waals surface area contributed by atoms with Gasteiger partial charge in [0.15, 0.2) is 11.6 Å². The van der Waals surface area contributed by atoms with Gasteiger partial charge in [-0.1, -0.05) is 38.1 Å². The molecule has 5 rings (SSSR count). The Morgan fingerprint density at radius 1 is 1.08 bits per heavy atom. The molecular weight excluding hydrogens is 452 g/mol. The molecule has 1 saturated heterocycles. The van der Waals surface area contributed by atoms with Crippen LogP contribution in [0.25, 0.3) is 5.52 Å². The minimum Gasteiger partial charge on any atom is -0.339 e. The van der Waals surface area contributed by atoms with E-state index in [9.17, 15) is 4.79 Å². The highest BCUT2D eigenvalue weighted by Gasteiger charge is 2.27. The number of benzene rings is 1. The Morgan fingerprint density at radius 2 is 1.83 bits per heavy atom. The number of aromatic amines is 1. The summed E-state index contributed by atoms with van der Waals surface area (Å²) in [5, 5.41) is 15.2. The summed E-state index contributed by atoms with van der Waals surface area (Å²) in [5.41, 5.74) is 4.24. The monoisotopic (exact) mass is 486 g/mol. The molecule has 3 aromatic heterocycles. The number of aromatic nitrogens is 5. The molecule has 4 heterocycles. The number of amides is 1. The lowest BCUT2D eigenvalue weighted by molar-refractivity contribution is -0.132. The van der Waals surface area contributed by atoms with Gasteiger partial charge < -0.3 is 15.1 Å². The number of anilines is 3. The van der Waals surface area contributed by atoms with Gasteiger partial charge in [0, 0.05) is 44.1 Å². The number of hydrogen-bond acceptors (Lipinski definition) is 6. The van der Waals surface area contributed by atoms with Crippen LogP contribution in [0.4, 0.5) is 17.6 Å². The summed E-state index contributed by atoms with van der Waals surface area (Å²) in [6.45, 7) is 11.0. The maximum Gasteiger partial charge on any atom is 0.245 e. The number of hydrogen-bond donors (Lipinski definition) is 2. The smallest absolute Gasteiger partial charge is 0.245 e. The lowest BCUT2D eigenvalue weighted by atomic mass is 9.95. The first-order chi connectivity index (χ1) is 17.4. The highest BCUT2D eigenvalue weighted by atomic mass is 16.2. The van der Waals surface area contributed by atoms with Crippen LogP contribution in [0.3, 0.4) is 0 Å². The normalized spacial score (nSPS) is 15.0. The first-order valence-electron chi connectivity index (χ1n) is 12.6. The maximum absolute atomic E-state index is 13.3. The van der Waals surface area contributed by atoms with Gasteiger partial charge in [0.2, 0.25) is 11.9 Å². The molecule has 0 aliphatic carbocycles. The zero-order valence-corrected chi connectivity index (χ0v) is 21.4. The van der Waals surface area contributed by atoms with Crippen LogP contribution in [-0.4, -0.2) is 61.8 Å². The first-order valence-corrected chi connectivity index (χ1v) is 12.6. The predicted molar refractivity (Wildman–Crippen MR) is 142 cm³/mol. The molecule has 0 bridgehead atoms. The molecule has 4 aromatic rings. The molecule has 9 nitrogen and oxygen atoms in total. The molecule has 1 aliphatic rings. The Morgan fingerprint density at radius 3 is 2.50 bits per heavy atom. The Bertz CT molecular complexity index is 1330. The van der Waals surface area contributed by atoms with Crippen molar-refractivity contribution < 1.29 is 4.79 Å². The fraction of sp³-hybridized carbons (Fsp3) is 0.407. The number of aryl methyl sites for hydroxylation is 1. The average Bonchev–Trinajstić information content (AvgIpc) is 3.52. The summed E-state index contributed by atoms with van der Waals surface area (Å²) in [4.78, 5) is 22.2. The molecule has 188 valence electrons. The summed E-state index contributed by atoms with van der Waals surface area (Å²) in [6, 6.07) is 14.4. The first kappa shape index (κ1) is 23.8. The number of fused-ring (bicyclic) bond motifs is 1. The van der Waals surface area contributed by atoms with Crippen LogP contribution in [-0.2, 0) is 11.2 Å². The molecule has 0 radical (unpaired) electrons. The van der Waals surface area contributed by atoms with E-state index in [-0.39, 0.29) is 11.8 Å². The van der Waals surface area contributed by atoms with Gasteiger partial charge in [0.05, 0.1) is 5.92 Å². The number of nitrogens with one attached hydrogen (secondary N) is 2. The third kappa shape index (κ3) is 5.05. The molecule has 9 heteroatoms. The maximum atomic E-state index is 13.3. The average molecular weight is 487 g/mol. The van der Waals surface area contributed by atoms with Crippen LogP contribution in [0, 0.1) is 12.8 Å². The molecule has 36 heavy (non-hydrogen) atoms. The molecule has 1 unspecified atom stereocenters. The van der Waals surface area contributed by atoms with Gasteiger partial charge in [-0.15, -0.1) is 5.10 Å². The van der Waals surface area contributed by atoms with Gasteiger partial charge >= 0.3 is 0 Å². The number of rotatable bonds is 7. The van der Waals surface area contributed by atoms with Crippen LogP contribution >= 0.6 is 0 Å². The van der Waals surface area contributed by atoms with Crippen molar-refractivity contribution >= 4 is 29.0 Å². The second kappa shape index (κ2) is 10.0. The van der Waals surface area contributed by atoms with Crippen molar-refractivity contribution in [3.05, 3.63) is 65.5 Å². The van der Waals surface area contributed by atoms with Gasteiger partial charge in [-0.2, -0.15) is 10.1 Å². The van der Waals surface area contributed by atoms with Crippen molar-refractivity contribution in [3.8, 4) is 0 Å². The van der Waals surface area contributed by atoms with Gasteiger partial charge in [0.25, 0.3) is 0 Å². The van der Waals surface area contributed by atoms with E-state index >= 15 is 0 Å². The largest absolute Gasteiger partial charge is 0.339 e. The Hall–Kier alpha value is -3.88. The minimum absolute atomic E-state index is 0.162. The number of nitrogens with zero attached hydrogens (tertiary/aromatic N) is 6. The number of piperazine rings is 1. The minimum atomic E-state index is -0.162. The van der Waals surface area contributed by atoms with Crippen LogP contribution in [0.5, 0.6) is 0 Å². The fourth-order valence-electron chi connectivity index (χ4n) is 4.71. The van der Waals surface area contributed by atoms with Crippen LogP contribution < -0.4 is 10.2 Å². The SMILES string of the molecule is Cc1cc(Nc2nc(N3CCN(C(=O)C(C)c4ccc(CC(C)C)cc4)CC3)nn3cccc23)n[nH]1. The van der Waals surface area contributed by atoms with Gasteiger partial charge in [-0.05, 0) is 49.4 Å². The highest BCUT2D eigenvalue weighted by molar-refractivity contribution is 5.83. The number of H-pyrrole nitrogens is 1. The zero-order chi connectivity index (χ0) is 25.2. The molecule has 1 aromatic carbocycles. The molecule has 1 atom stereocenters. The standard InChI is InChI=1S/C27H34N8O/c1-18(2)16-21-7-9-22(10-8-21)20(4)26(36)33-12-14-34(15-13-33)27-29-25(23-6-5-11-35(23)32-27)28-24-17-19(3)30-31-24/h5-11,17-18,20H,12-16H2,1-4H3,(H2,28,29,30,31,32). The summed E-state index contributed by atoms with van der Waals surface area (Å²) in [6.07, 6.45) is 2.97. The molecule has 2 N–H and O–H groups in total. The van der Waals surface area contributed by atoms with Crippen LogP contribution in [0.2, 0.25) is 0 Å². The van der Waals surface area contributed by atoms with E-state index in [0.29, 0.717) is 49.7 Å². The van der Waals surface area contributed by atoms with Crippen LogP contribution in [0.15, 0.2) is 48.7 Å². The number of carbonyl (C=O) groups is 1. The van der Waals surface area contributed by atoms with Gasteiger partial charge in [-0.3, -0.25) is 9.89 Å². The molecular formula is C27H34N8O. The Labute approximate surface area is 211 Å². The van der Waals surface area contributed by atoms with Crippen molar-refractivity contribution in [2.45, 2.75) is 40.0 Å². The molecule has 0 spiro atoms. The number of carbonyl (C=O) groups excluding carboxylic acids is 1. The van der Waals surface area contributed by atoms with Gasteiger partial charge in [0.1, 0.15) is 5.52 Å². The predicted octanol–water partition coefficient (Wildman–Crippen LogP) is 4.16. The molecule has 1 fully saturated rings. The second-order valence-electron chi connectivity index (χ2n) is 10.0. The van der Waals surface area contributed by atoms with Crippen molar-refractivity contribution in [2.75, 3.05) is 36.4 Å². The van der Waals surface area contributed by atoms with E-state index in [0.717, 1.165) is 23.2 Å². The van der Waals surface area contributed by atoms with Crippen LogP contribution in [0.1, 0.15) is 43.5 Å². The summed E-state index contributed by atoms with van der Waals surface area (Å²) in [5.74, 6) is 2.67. The van der Waals surface area contributed by atoms with E-state index in [4.69, 9.17) is 10.1 Å². The van der Waals surface area contributed by atoms with Gasteiger partial charge in [-0.25, -0.2) is 4.52 Å². The zero-order valence-electron chi connectivity index (χ0n) is 21.4. The quantitative estimate of drug-likeness (QED) is 0.407. The summed E-state index contributed by atoms with van der Waals surface area (Å²) in [7, 11) is 0. The van der Waals surface area contributed by atoms with Crippen molar-refractivity contribution in [1.29, 1.82) is 0 Å². The van der Waals surface area contributed by atoms with Crippen molar-refractivity contribution in [1.82, 2.24) is 29.7 Å². The third-order valence-electron chi connectivity index (χ3n) is 6.70. The molecule has 1 amide bonds. The molecule has 0 saturated carbocycles. The Kier molecular flexibility index (Phi) is 6.63. The third-order valence-corrected chi connectivity index (χ3v) is 6.70. The van der Waals surface area contributed by atoms with E-state index in [1.807, 2.05) is 47.7 Å². The summed E-state index contributed by atoms with van der Waals surface area (Å²) < 4.78 is 1.83. The van der Waals surface area contributed by atoms with E-state index in [1.165, 1.54) is 5.56 Å². The van der Waals surface area contributed by atoms with E-state index < -0.39 is 0 Å². The topological polar surface area (TPSA) is 94.5 Å². The second-order valence-corrected chi connectivity index (χ2v) is 10.0. The summed E-state index contributed by atoms with van der Waals surface area (Å²) >= 11 is 0. The van der Waals surface area contributed by atoms with Crippen molar-refractivity contribution in [2.24, 2.45) is 5.92 Å². The molecule has 1 aliphatic heterocycles. The lowest BCUT2D eigenvalue weighted by Crippen LogP contribution is -2.50. The Balaban J connectivity index is 1.25. The highest BCUT2D eigenvalue weighted by Crippen LogP contribution is 2.24. The lowest BCUT2D eigenvalue weighted by Gasteiger charge is -2.36. The van der Waals surface area contributed by atoms with E-state index in [1.54, 1.807) is 0 Å².